The maximum atomic E-state index is 13.3. The van der Waals surface area contributed by atoms with Gasteiger partial charge in [-0.25, -0.2) is 23.1 Å². The summed E-state index contributed by atoms with van der Waals surface area (Å²) < 4.78 is 65.6. The van der Waals surface area contributed by atoms with Crippen LogP contribution in [-0.2, 0) is 27.1 Å². The maximum Gasteiger partial charge on any atom is 0.446 e. The Labute approximate surface area is 220 Å². The zero-order valence-electron chi connectivity index (χ0n) is 19.7. The summed E-state index contributed by atoms with van der Waals surface area (Å²) in [5.41, 5.74) is -4.12. The van der Waals surface area contributed by atoms with E-state index in [9.17, 15) is 31.2 Å². The number of urea groups is 1. The highest BCUT2D eigenvalue weighted by molar-refractivity contribution is 8.00. The van der Waals surface area contributed by atoms with Crippen molar-refractivity contribution in [2.24, 2.45) is 0 Å². The Morgan fingerprint density at radius 3 is 2.29 bits per heavy atom. The molecule has 0 radical (unpaired) electrons. The van der Waals surface area contributed by atoms with Crippen LogP contribution in [0.25, 0.3) is 0 Å². The minimum atomic E-state index is -4.45. The highest BCUT2D eigenvalue weighted by Crippen LogP contribution is 2.50. The Balaban J connectivity index is 1.32. The van der Waals surface area contributed by atoms with Gasteiger partial charge in [0.05, 0.1) is 11.4 Å². The number of sulfonamides is 1. The molecule has 0 atom stereocenters. The third kappa shape index (κ3) is 5.48. The van der Waals surface area contributed by atoms with E-state index in [-0.39, 0.29) is 40.5 Å². The van der Waals surface area contributed by atoms with Crippen LogP contribution in [0, 0.1) is 0 Å². The molecule has 0 unspecified atom stereocenters. The number of benzene rings is 2. The molecular weight excluding hydrogens is 541 g/mol. The first-order valence-corrected chi connectivity index (χ1v) is 13.9. The van der Waals surface area contributed by atoms with Crippen LogP contribution in [0.15, 0.2) is 77.8 Å². The van der Waals surface area contributed by atoms with Gasteiger partial charge in [-0.05, 0) is 72.1 Å². The van der Waals surface area contributed by atoms with E-state index in [4.69, 9.17) is 0 Å². The average Bonchev–Trinajstić information content (AvgIpc) is 3.61. The van der Waals surface area contributed by atoms with Gasteiger partial charge < -0.3 is 4.90 Å². The second-order valence-corrected chi connectivity index (χ2v) is 11.8. The number of nitrogens with one attached hydrogen (secondary N) is 1. The SMILES string of the molecule is O=C1N(c2ccc(SC(F)(F)F)cc2)C(=O)C2(CC2)N1Cc1ccnc(NS(=O)(=O)Cc2ccccc2)c1. The number of carbonyl (C=O) groups is 2. The Bertz CT molecular complexity index is 1480. The van der Waals surface area contributed by atoms with Gasteiger partial charge >= 0.3 is 11.5 Å². The normalized spacial score (nSPS) is 16.8. The molecule has 2 aromatic carbocycles. The van der Waals surface area contributed by atoms with E-state index in [0.717, 1.165) is 4.90 Å². The summed E-state index contributed by atoms with van der Waals surface area (Å²) >= 11 is -0.280. The Hall–Kier alpha value is -3.58. The predicted molar refractivity (Wildman–Crippen MR) is 136 cm³/mol. The molecule has 2 fully saturated rings. The lowest BCUT2D eigenvalue weighted by atomic mass is 10.2. The molecule has 3 aromatic rings. The molecule has 3 amide bonds. The van der Waals surface area contributed by atoms with Crippen LogP contribution in [0.3, 0.4) is 0 Å². The van der Waals surface area contributed by atoms with Gasteiger partial charge in [0.1, 0.15) is 11.4 Å². The van der Waals surface area contributed by atoms with Crippen molar-refractivity contribution in [3.05, 3.63) is 84.1 Å². The van der Waals surface area contributed by atoms with Gasteiger partial charge in [0.15, 0.2) is 0 Å². The largest absolute Gasteiger partial charge is 0.446 e. The number of hydrogen-bond acceptors (Lipinski definition) is 6. The molecule has 2 heterocycles. The van der Waals surface area contributed by atoms with Crippen molar-refractivity contribution in [3.63, 3.8) is 0 Å². The van der Waals surface area contributed by atoms with E-state index in [1.165, 1.54) is 41.4 Å². The van der Waals surface area contributed by atoms with E-state index >= 15 is 0 Å². The summed E-state index contributed by atoms with van der Waals surface area (Å²) in [7, 11) is -3.75. The van der Waals surface area contributed by atoms with Crippen molar-refractivity contribution in [1.82, 2.24) is 9.88 Å². The molecule has 1 aromatic heterocycles. The van der Waals surface area contributed by atoms with Crippen molar-refractivity contribution < 1.29 is 31.2 Å². The van der Waals surface area contributed by atoms with Crippen LogP contribution in [-0.4, -0.2) is 41.3 Å². The van der Waals surface area contributed by atoms with Crippen LogP contribution in [0.5, 0.6) is 0 Å². The standard InChI is InChI=1S/C25H21F3N4O4S2/c26-25(27,28)37-20-8-6-19(7-9-20)32-22(33)24(11-12-24)31(23(32)34)15-18-10-13-29-21(14-18)30-38(35,36)16-17-4-2-1-3-5-17/h1-10,13-14H,11-12,15-16H2,(H,29,30). The van der Waals surface area contributed by atoms with Crippen molar-refractivity contribution in [1.29, 1.82) is 0 Å². The van der Waals surface area contributed by atoms with Gasteiger partial charge in [0.2, 0.25) is 10.0 Å². The summed E-state index contributed by atoms with van der Waals surface area (Å²) in [5.74, 6) is -0.593. The molecule has 1 spiro atoms. The first-order valence-electron chi connectivity index (χ1n) is 11.5. The van der Waals surface area contributed by atoms with Crippen LogP contribution >= 0.6 is 11.8 Å². The lowest BCUT2D eigenvalue weighted by molar-refractivity contribution is -0.120. The number of alkyl halides is 3. The van der Waals surface area contributed by atoms with Gasteiger partial charge in [-0.1, -0.05) is 30.3 Å². The van der Waals surface area contributed by atoms with Crippen molar-refractivity contribution in [3.8, 4) is 0 Å². The van der Waals surface area contributed by atoms with E-state index < -0.39 is 33.0 Å². The first kappa shape index (κ1) is 26.0. The number of anilines is 2. The molecule has 0 bridgehead atoms. The lowest BCUT2D eigenvalue weighted by Gasteiger charge is -2.21. The smallest absolute Gasteiger partial charge is 0.305 e. The highest BCUT2D eigenvalue weighted by atomic mass is 32.2. The Kier molecular flexibility index (Phi) is 6.59. The number of nitrogens with zero attached hydrogens (tertiary/aromatic N) is 3. The second-order valence-electron chi connectivity index (χ2n) is 8.98. The van der Waals surface area contributed by atoms with Gasteiger partial charge in [0.25, 0.3) is 5.91 Å². The minimum Gasteiger partial charge on any atom is -0.305 e. The maximum absolute atomic E-state index is 13.3. The number of thioether (sulfide) groups is 1. The predicted octanol–water partition coefficient (Wildman–Crippen LogP) is 5.14. The fourth-order valence-corrected chi connectivity index (χ4v) is 6.03. The summed E-state index contributed by atoms with van der Waals surface area (Å²) in [5, 5.41) is 0. The molecule has 8 nitrogen and oxygen atoms in total. The second kappa shape index (κ2) is 9.62. The number of imide groups is 1. The number of halogens is 3. The van der Waals surface area contributed by atoms with Crippen LogP contribution in [0.1, 0.15) is 24.0 Å². The summed E-state index contributed by atoms with van der Waals surface area (Å²) in [6.07, 6.45) is 2.32. The molecule has 1 N–H and O–H groups in total. The van der Waals surface area contributed by atoms with Crippen LogP contribution < -0.4 is 9.62 Å². The number of hydrogen-bond donors (Lipinski definition) is 1. The number of amides is 3. The van der Waals surface area contributed by atoms with Crippen LogP contribution in [0.4, 0.5) is 29.5 Å². The number of carbonyl (C=O) groups excluding carboxylic acids is 2. The molecule has 38 heavy (non-hydrogen) atoms. The third-order valence-corrected chi connectivity index (χ3v) is 8.19. The molecule has 1 saturated heterocycles. The fourth-order valence-electron chi connectivity index (χ4n) is 4.36. The summed E-state index contributed by atoms with van der Waals surface area (Å²) in [4.78, 5) is 33.0. The lowest BCUT2D eigenvalue weighted by Crippen LogP contribution is -2.36. The van der Waals surface area contributed by atoms with Gasteiger partial charge in [0, 0.05) is 17.6 Å². The zero-order valence-corrected chi connectivity index (χ0v) is 21.3. The van der Waals surface area contributed by atoms with Gasteiger partial charge in [-0.2, -0.15) is 13.2 Å². The molecule has 1 saturated carbocycles. The van der Waals surface area contributed by atoms with Crippen molar-refractivity contribution >= 4 is 45.2 Å². The Morgan fingerprint density at radius 1 is 0.974 bits per heavy atom. The minimum absolute atomic E-state index is 0.0268. The molecular formula is C25H21F3N4O4S2. The van der Waals surface area contributed by atoms with E-state index in [1.807, 2.05) is 0 Å². The third-order valence-electron chi connectivity index (χ3n) is 6.22. The average molecular weight is 563 g/mol. The van der Waals surface area contributed by atoms with E-state index in [1.54, 1.807) is 36.4 Å². The zero-order chi connectivity index (χ0) is 27.1. The molecule has 1 aliphatic heterocycles. The summed E-state index contributed by atoms with van der Waals surface area (Å²) in [6.45, 7) is 0.0268. The van der Waals surface area contributed by atoms with Gasteiger partial charge in [-0.3, -0.25) is 9.52 Å². The monoisotopic (exact) mass is 562 g/mol. The molecule has 2 aliphatic rings. The van der Waals surface area contributed by atoms with E-state index in [0.29, 0.717) is 24.0 Å². The molecule has 5 rings (SSSR count). The molecule has 198 valence electrons. The highest BCUT2D eigenvalue weighted by Gasteiger charge is 2.65. The van der Waals surface area contributed by atoms with Crippen molar-refractivity contribution in [2.75, 3.05) is 9.62 Å². The fraction of sp³-hybridized carbons (Fsp3) is 0.240. The van der Waals surface area contributed by atoms with Gasteiger partial charge in [-0.15, -0.1) is 0 Å². The number of rotatable bonds is 8. The quantitative estimate of drug-likeness (QED) is 0.302. The molecule has 1 aliphatic carbocycles. The molecule has 13 heteroatoms. The van der Waals surface area contributed by atoms with E-state index in [2.05, 4.69) is 9.71 Å². The number of pyridine rings is 1. The summed E-state index contributed by atoms with van der Waals surface area (Å²) in [6, 6.07) is 16.3. The number of aromatic nitrogens is 1. The first-order chi connectivity index (χ1) is 18.0. The van der Waals surface area contributed by atoms with Crippen LogP contribution in [0.2, 0.25) is 0 Å². The van der Waals surface area contributed by atoms with Crippen molar-refractivity contribution in [2.45, 2.75) is 41.1 Å². The Morgan fingerprint density at radius 2 is 1.66 bits per heavy atom. The topological polar surface area (TPSA) is 99.7 Å².